The van der Waals surface area contributed by atoms with Crippen LogP contribution in [0.3, 0.4) is 0 Å². The van der Waals surface area contributed by atoms with E-state index in [-0.39, 0.29) is 16.1 Å². The molecule has 1 aliphatic heterocycles. The van der Waals surface area contributed by atoms with Crippen molar-refractivity contribution >= 4 is 33.6 Å². The summed E-state index contributed by atoms with van der Waals surface area (Å²) in [5, 5.41) is 24.2. The first kappa shape index (κ1) is 20.4. The number of nitro groups is 1. The van der Waals surface area contributed by atoms with Gasteiger partial charge in [-0.25, -0.2) is 13.2 Å². The van der Waals surface area contributed by atoms with Gasteiger partial charge in [0, 0.05) is 19.2 Å². The Bertz CT molecular complexity index is 1060. The Morgan fingerprint density at radius 2 is 1.83 bits per heavy atom. The maximum absolute atomic E-state index is 12.6. The molecular formula is C18H18N4O6S. The standard InChI is InChI=1S/C18H18N4O6S/c23-18(24)14-5-3-13(4-6-14)12-19-20-16-8-7-15(11-17(16)22(25)26)29(27,28)21-9-1-2-10-21/h3-8,11-12,20H,1-2,9-10H2,(H,23,24). The molecule has 152 valence electrons. The fraction of sp³-hybridized carbons (Fsp3) is 0.222. The molecule has 0 amide bonds. The smallest absolute Gasteiger partial charge is 0.335 e. The van der Waals surface area contributed by atoms with Crippen LogP contribution < -0.4 is 5.43 Å². The van der Waals surface area contributed by atoms with E-state index in [1.807, 2.05) is 0 Å². The van der Waals surface area contributed by atoms with Crippen LogP contribution >= 0.6 is 0 Å². The van der Waals surface area contributed by atoms with Gasteiger partial charge in [-0.2, -0.15) is 9.41 Å². The predicted octanol–water partition coefficient (Wildman–Crippen LogP) is 2.52. The number of hydrogen-bond acceptors (Lipinski definition) is 7. The van der Waals surface area contributed by atoms with Gasteiger partial charge in [-0.15, -0.1) is 0 Å². The van der Waals surface area contributed by atoms with Gasteiger partial charge in [0.15, 0.2) is 0 Å². The zero-order valence-corrected chi connectivity index (χ0v) is 16.0. The monoisotopic (exact) mass is 418 g/mol. The Hall–Kier alpha value is -3.31. The quantitative estimate of drug-likeness (QED) is 0.399. The number of hydrogen-bond donors (Lipinski definition) is 2. The Kier molecular flexibility index (Phi) is 5.89. The summed E-state index contributed by atoms with van der Waals surface area (Å²) in [6.45, 7) is 0.808. The molecule has 0 spiro atoms. The van der Waals surface area contributed by atoms with Crippen LogP contribution in [-0.2, 0) is 10.0 Å². The van der Waals surface area contributed by atoms with Gasteiger partial charge in [0.1, 0.15) is 5.69 Å². The van der Waals surface area contributed by atoms with Gasteiger partial charge in [-0.1, -0.05) is 12.1 Å². The Labute approximate surface area is 166 Å². The summed E-state index contributed by atoms with van der Waals surface area (Å²) in [7, 11) is -3.77. The number of sulfonamides is 1. The number of aromatic carboxylic acids is 1. The van der Waals surface area contributed by atoms with Gasteiger partial charge >= 0.3 is 5.97 Å². The van der Waals surface area contributed by atoms with Crippen molar-refractivity contribution in [3.05, 3.63) is 63.7 Å². The second-order valence-corrected chi connectivity index (χ2v) is 8.28. The largest absolute Gasteiger partial charge is 0.478 e. The number of nitro benzene ring substituents is 1. The zero-order valence-electron chi connectivity index (χ0n) is 15.2. The van der Waals surface area contributed by atoms with E-state index in [0.29, 0.717) is 18.7 Å². The van der Waals surface area contributed by atoms with E-state index >= 15 is 0 Å². The Morgan fingerprint density at radius 1 is 1.17 bits per heavy atom. The minimum atomic E-state index is -3.77. The van der Waals surface area contributed by atoms with Crippen molar-refractivity contribution in [2.45, 2.75) is 17.7 Å². The molecule has 1 saturated heterocycles. The van der Waals surface area contributed by atoms with E-state index in [2.05, 4.69) is 10.5 Å². The first-order chi connectivity index (χ1) is 13.8. The van der Waals surface area contributed by atoms with Gasteiger partial charge in [0.25, 0.3) is 5.69 Å². The predicted molar refractivity (Wildman–Crippen MR) is 106 cm³/mol. The van der Waals surface area contributed by atoms with Crippen LogP contribution in [0.2, 0.25) is 0 Å². The number of hydrazone groups is 1. The van der Waals surface area contributed by atoms with E-state index in [0.717, 1.165) is 18.9 Å². The number of carboxylic acid groups (broad SMARTS) is 1. The molecule has 2 N–H and O–H groups in total. The molecule has 2 aromatic rings. The third-order valence-corrected chi connectivity index (χ3v) is 6.32. The van der Waals surface area contributed by atoms with Crippen molar-refractivity contribution in [1.82, 2.24) is 4.31 Å². The number of anilines is 1. The van der Waals surface area contributed by atoms with Crippen LogP contribution in [0.25, 0.3) is 0 Å². The maximum atomic E-state index is 12.6. The number of carboxylic acids is 1. The summed E-state index contributed by atoms with van der Waals surface area (Å²) < 4.78 is 26.5. The van der Waals surface area contributed by atoms with Gasteiger partial charge < -0.3 is 5.11 Å². The van der Waals surface area contributed by atoms with Crippen molar-refractivity contribution in [1.29, 1.82) is 0 Å². The van der Waals surface area contributed by atoms with Gasteiger partial charge in [-0.05, 0) is 42.7 Å². The SMILES string of the molecule is O=C(O)c1ccc(C=NNc2ccc(S(=O)(=O)N3CCCC3)cc2[N+](=O)[O-])cc1. The molecule has 3 rings (SSSR count). The van der Waals surface area contributed by atoms with E-state index in [4.69, 9.17) is 5.11 Å². The third-order valence-electron chi connectivity index (χ3n) is 4.42. The lowest BCUT2D eigenvalue weighted by Crippen LogP contribution is -2.27. The van der Waals surface area contributed by atoms with Crippen LogP contribution in [0.15, 0.2) is 52.5 Å². The molecule has 0 aromatic heterocycles. The second kappa shape index (κ2) is 8.37. The number of nitrogens with zero attached hydrogens (tertiary/aromatic N) is 3. The highest BCUT2D eigenvalue weighted by atomic mass is 32.2. The molecule has 2 aromatic carbocycles. The highest BCUT2D eigenvalue weighted by Gasteiger charge is 2.29. The highest BCUT2D eigenvalue weighted by Crippen LogP contribution is 2.30. The van der Waals surface area contributed by atoms with Crippen LogP contribution in [0.5, 0.6) is 0 Å². The first-order valence-electron chi connectivity index (χ1n) is 8.70. The van der Waals surface area contributed by atoms with Crippen molar-refractivity contribution < 1.29 is 23.2 Å². The third kappa shape index (κ3) is 4.58. The summed E-state index contributed by atoms with van der Waals surface area (Å²) in [4.78, 5) is 21.4. The van der Waals surface area contributed by atoms with E-state index in [1.165, 1.54) is 46.9 Å². The van der Waals surface area contributed by atoms with E-state index < -0.39 is 26.6 Å². The summed E-state index contributed by atoms with van der Waals surface area (Å²) in [5.41, 5.74) is 2.86. The fourth-order valence-electron chi connectivity index (χ4n) is 2.88. The lowest BCUT2D eigenvalue weighted by Gasteiger charge is -2.15. The topological polar surface area (TPSA) is 142 Å². The minimum absolute atomic E-state index is 0.0359. The molecule has 0 atom stereocenters. The molecule has 0 saturated carbocycles. The van der Waals surface area contributed by atoms with Crippen molar-refractivity contribution in [3.8, 4) is 0 Å². The van der Waals surface area contributed by atoms with Gasteiger partial charge in [0.2, 0.25) is 10.0 Å². The molecule has 0 radical (unpaired) electrons. The van der Waals surface area contributed by atoms with Crippen LogP contribution in [0.4, 0.5) is 11.4 Å². The molecule has 1 aliphatic rings. The van der Waals surface area contributed by atoms with E-state index in [9.17, 15) is 23.3 Å². The van der Waals surface area contributed by atoms with Crippen molar-refractivity contribution in [3.63, 3.8) is 0 Å². The van der Waals surface area contributed by atoms with Crippen LogP contribution in [0.1, 0.15) is 28.8 Å². The van der Waals surface area contributed by atoms with Gasteiger partial charge in [-0.3, -0.25) is 15.5 Å². The molecular weight excluding hydrogens is 400 g/mol. The second-order valence-electron chi connectivity index (χ2n) is 6.34. The Morgan fingerprint density at radius 3 is 2.41 bits per heavy atom. The molecule has 0 bridgehead atoms. The molecule has 10 nitrogen and oxygen atoms in total. The Balaban J connectivity index is 1.80. The maximum Gasteiger partial charge on any atom is 0.335 e. The fourth-order valence-corrected chi connectivity index (χ4v) is 4.42. The number of rotatable bonds is 7. The lowest BCUT2D eigenvalue weighted by atomic mass is 10.1. The lowest BCUT2D eigenvalue weighted by molar-refractivity contribution is -0.384. The van der Waals surface area contributed by atoms with Crippen LogP contribution in [0, 0.1) is 10.1 Å². The molecule has 1 fully saturated rings. The summed E-state index contributed by atoms with van der Waals surface area (Å²) >= 11 is 0. The average Bonchev–Trinajstić information content (AvgIpc) is 3.24. The average molecular weight is 418 g/mol. The number of carbonyl (C=O) groups is 1. The number of benzene rings is 2. The molecule has 29 heavy (non-hydrogen) atoms. The summed E-state index contributed by atoms with van der Waals surface area (Å²) in [5.74, 6) is -1.05. The summed E-state index contributed by atoms with van der Waals surface area (Å²) in [6, 6.07) is 9.51. The normalized spacial score (nSPS) is 14.9. The number of nitrogens with one attached hydrogen (secondary N) is 1. The highest BCUT2D eigenvalue weighted by molar-refractivity contribution is 7.89. The van der Waals surface area contributed by atoms with Gasteiger partial charge in [0.05, 0.1) is 21.6 Å². The molecule has 1 heterocycles. The van der Waals surface area contributed by atoms with Crippen LogP contribution in [-0.4, -0.2) is 48.0 Å². The molecule has 11 heteroatoms. The molecule has 0 unspecified atom stereocenters. The zero-order chi connectivity index (χ0) is 21.0. The van der Waals surface area contributed by atoms with E-state index in [1.54, 1.807) is 0 Å². The van der Waals surface area contributed by atoms with Crippen molar-refractivity contribution in [2.24, 2.45) is 5.10 Å². The molecule has 0 aliphatic carbocycles. The minimum Gasteiger partial charge on any atom is -0.478 e. The first-order valence-corrected chi connectivity index (χ1v) is 10.1. The summed E-state index contributed by atoms with van der Waals surface area (Å²) in [6.07, 6.45) is 2.90. The van der Waals surface area contributed by atoms with Crippen molar-refractivity contribution in [2.75, 3.05) is 18.5 Å².